The molecule has 1 saturated heterocycles. The summed E-state index contributed by atoms with van der Waals surface area (Å²) >= 11 is 13.3. The Kier molecular flexibility index (Phi) is 6.76. The van der Waals surface area contributed by atoms with E-state index in [9.17, 15) is 0 Å². The summed E-state index contributed by atoms with van der Waals surface area (Å²) in [5.41, 5.74) is 2.04. The number of thiocarbonyl (C=S) groups is 1. The van der Waals surface area contributed by atoms with Gasteiger partial charge in [-0.15, -0.1) is 0 Å². The molecule has 1 aliphatic heterocycles. The van der Waals surface area contributed by atoms with Crippen LogP contribution in [0.25, 0.3) is 0 Å². The maximum Gasteiger partial charge on any atom is 0.170 e. The monoisotopic (exact) mass is 507 g/mol. The zero-order valence-electron chi connectivity index (χ0n) is 18.4. The molecule has 0 unspecified atom stereocenters. The molecule has 1 aliphatic rings. The van der Waals surface area contributed by atoms with Gasteiger partial charge in [-0.25, -0.2) is 0 Å². The van der Waals surface area contributed by atoms with E-state index in [1.807, 2.05) is 66.7 Å². The van der Waals surface area contributed by atoms with Gasteiger partial charge in [0.25, 0.3) is 0 Å². The first-order valence-electron chi connectivity index (χ1n) is 10.7. The molecule has 0 aliphatic carbocycles. The van der Waals surface area contributed by atoms with E-state index in [1.165, 1.54) is 0 Å². The van der Waals surface area contributed by atoms with Crippen LogP contribution in [0, 0.1) is 0 Å². The number of nitrogens with zero attached hydrogens (tertiary/aromatic N) is 2. The van der Waals surface area contributed by atoms with Gasteiger partial charge < -0.3 is 19.4 Å². The number of nitrogens with one attached hydrogen (secondary N) is 1. The quantitative estimate of drug-likeness (QED) is 0.281. The molecule has 4 aromatic rings. The average molecular weight is 508 g/mol. The Labute approximate surface area is 213 Å². The largest absolute Gasteiger partial charge is 0.497 e. The fourth-order valence-corrected chi connectivity index (χ4v) is 5.19. The summed E-state index contributed by atoms with van der Waals surface area (Å²) in [4.78, 5) is 7.81. The van der Waals surface area contributed by atoms with Crippen LogP contribution in [0.3, 0.4) is 0 Å². The van der Waals surface area contributed by atoms with Gasteiger partial charge in [-0.3, -0.25) is 4.98 Å². The number of hydrogen-bond donors (Lipinski definition) is 1. The summed E-state index contributed by atoms with van der Waals surface area (Å²) in [5.74, 6) is 1.65. The van der Waals surface area contributed by atoms with E-state index in [-0.39, 0.29) is 12.1 Å². The van der Waals surface area contributed by atoms with E-state index < -0.39 is 0 Å². The summed E-state index contributed by atoms with van der Waals surface area (Å²) in [6, 6.07) is 25.4. The van der Waals surface area contributed by atoms with Gasteiger partial charge in [0, 0.05) is 22.7 Å². The van der Waals surface area contributed by atoms with Crippen molar-refractivity contribution in [3.05, 3.63) is 107 Å². The minimum Gasteiger partial charge on any atom is -0.497 e. The van der Waals surface area contributed by atoms with Gasteiger partial charge >= 0.3 is 0 Å². The summed E-state index contributed by atoms with van der Waals surface area (Å²) in [6.45, 7) is 0.629. The number of halogens is 1. The zero-order chi connectivity index (χ0) is 23.5. The number of methoxy groups -OCH3 is 1. The number of hydrogen-bond acceptors (Lipinski definition) is 5. The van der Waals surface area contributed by atoms with Gasteiger partial charge in [0.1, 0.15) is 17.6 Å². The van der Waals surface area contributed by atoms with Crippen LogP contribution in [0.4, 0.5) is 0 Å². The topological polar surface area (TPSA) is 50.5 Å². The molecule has 8 heteroatoms. The van der Waals surface area contributed by atoms with Crippen LogP contribution in [0.1, 0.15) is 29.1 Å². The smallest absolute Gasteiger partial charge is 0.170 e. The first-order chi connectivity index (χ1) is 16.6. The summed E-state index contributed by atoms with van der Waals surface area (Å²) in [7, 11) is 1.67. The van der Waals surface area contributed by atoms with E-state index >= 15 is 0 Å². The molecule has 5 rings (SSSR count). The van der Waals surface area contributed by atoms with Crippen molar-refractivity contribution in [2.75, 3.05) is 7.11 Å². The first kappa shape index (κ1) is 22.8. The van der Waals surface area contributed by atoms with Crippen molar-refractivity contribution >= 4 is 40.7 Å². The Morgan fingerprint density at radius 2 is 1.85 bits per heavy atom. The van der Waals surface area contributed by atoms with E-state index in [0.29, 0.717) is 16.7 Å². The van der Waals surface area contributed by atoms with Crippen LogP contribution in [-0.4, -0.2) is 22.1 Å². The molecule has 2 aromatic carbocycles. The summed E-state index contributed by atoms with van der Waals surface area (Å²) in [6.07, 6.45) is 1.80. The van der Waals surface area contributed by atoms with Gasteiger partial charge in [0.05, 0.1) is 18.8 Å². The Morgan fingerprint density at radius 3 is 2.56 bits per heavy atom. The number of furan rings is 1. The highest BCUT2D eigenvalue weighted by atomic mass is 35.5. The highest BCUT2D eigenvalue weighted by Crippen LogP contribution is 2.42. The minimum absolute atomic E-state index is 0.133. The molecule has 0 spiro atoms. The molecule has 0 amide bonds. The molecule has 172 valence electrons. The van der Waals surface area contributed by atoms with Gasteiger partial charge in [0.2, 0.25) is 0 Å². The predicted octanol–water partition coefficient (Wildman–Crippen LogP) is 6.66. The van der Waals surface area contributed by atoms with Crippen molar-refractivity contribution in [3.63, 3.8) is 0 Å². The molecule has 0 saturated carbocycles. The molecule has 2 aromatic heterocycles. The lowest BCUT2D eigenvalue weighted by molar-refractivity contribution is 0.254. The number of benzene rings is 2. The van der Waals surface area contributed by atoms with Crippen LogP contribution in [0.15, 0.2) is 99.5 Å². The molecule has 1 fully saturated rings. The third-order valence-electron chi connectivity index (χ3n) is 5.64. The van der Waals surface area contributed by atoms with Crippen molar-refractivity contribution in [2.45, 2.75) is 28.6 Å². The zero-order valence-corrected chi connectivity index (χ0v) is 20.7. The van der Waals surface area contributed by atoms with Gasteiger partial charge in [-0.1, -0.05) is 41.6 Å². The number of pyridine rings is 1. The fraction of sp³-hybridized carbons (Fsp3) is 0.154. The predicted molar refractivity (Wildman–Crippen MR) is 138 cm³/mol. The maximum atomic E-state index is 6.35. The van der Waals surface area contributed by atoms with Crippen molar-refractivity contribution < 1.29 is 9.15 Å². The van der Waals surface area contributed by atoms with E-state index in [2.05, 4.69) is 27.3 Å². The second kappa shape index (κ2) is 10.1. The first-order valence-corrected chi connectivity index (χ1v) is 12.3. The number of aromatic nitrogens is 1. The molecule has 0 bridgehead atoms. The van der Waals surface area contributed by atoms with Crippen LogP contribution in [0.2, 0.25) is 5.02 Å². The van der Waals surface area contributed by atoms with Crippen molar-refractivity contribution in [3.8, 4) is 5.75 Å². The van der Waals surface area contributed by atoms with Gasteiger partial charge in [-0.2, -0.15) is 0 Å². The molecule has 34 heavy (non-hydrogen) atoms. The lowest BCUT2D eigenvalue weighted by atomic mass is 10.0. The fourth-order valence-electron chi connectivity index (χ4n) is 3.98. The maximum absolute atomic E-state index is 6.35. The summed E-state index contributed by atoms with van der Waals surface area (Å²) < 4.78 is 11.6. The highest BCUT2D eigenvalue weighted by molar-refractivity contribution is 7.99. The minimum atomic E-state index is -0.149. The molecule has 3 heterocycles. The van der Waals surface area contributed by atoms with Crippen LogP contribution in [-0.2, 0) is 6.54 Å². The van der Waals surface area contributed by atoms with Gasteiger partial charge in [0.15, 0.2) is 10.2 Å². The standard InChI is InChI=1S/C26H22ClN3O2S2/c1-31-19-9-5-17(6-10-19)16-30-25(24(29-26(30)33)21-4-2-3-15-28-21)22-13-14-23(32-22)34-20-11-7-18(27)8-12-20/h2-15,24-25H,16H2,1H3,(H,29,33)/t24-,25-/m0/s1. The number of rotatable bonds is 7. The third kappa shape index (κ3) is 4.92. The van der Waals surface area contributed by atoms with E-state index in [4.69, 9.17) is 33.0 Å². The molecular formula is C26H22ClN3O2S2. The molecular weight excluding hydrogens is 486 g/mol. The lowest BCUT2D eigenvalue weighted by Crippen LogP contribution is -2.29. The van der Waals surface area contributed by atoms with Crippen molar-refractivity contribution in [1.29, 1.82) is 0 Å². The second-order valence-electron chi connectivity index (χ2n) is 7.82. The SMILES string of the molecule is COc1ccc(CN2C(=S)N[C@@H](c3ccccn3)[C@@H]2c2ccc(Sc3ccc(Cl)cc3)o2)cc1. The number of ether oxygens (including phenoxy) is 1. The van der Waals surface area contributed by atoms with Crippen LogP contribution >= 0.6 is 35.6 Å². The average Bonchev–Trinajstić information content (AvgIpc) is 3.45. The second-order valence-corrected chi connectivity index (χ2v) is 9.72. The van der Waals surface area contributed by atoms with E-state index in [1.54, 1.807) is 25.1 Å². The van der Waals surface area contributed by atoms with Crippen LogP contribution < -0.4 is 10.1 Å². The third-order valence-corrected chi connectivity index (χ3v) is 7.17. The highest BCUT2D eigenvalue weighted by Gasteiger charge is 2.41. The van der Waals surface area contributed by atoms with Crippen LogP contribution in [0.5, 0.6) is 5.75 Å². The molecule has 1 N–H and O–H groups in total. The van der Waals surface area contributed by atoms with Crippen molar-refractivity contribution in [1.82, 2.24) is 15.2 Å². The van der Waals surface area contributed by atoms with Crippen molar-refractivity contribution in [2.24, 2.45) is 0 Å². The van der Waals surface area contributed by atoms with Gasteiger partial charge in [-0.05, 0) is 78.4 Å². The Hall–Kier alpha value is -3.00. The molecule has 5 nitrogen and oxygen atoms in total. The normalized spacial score (nSPS) is 17.6. The Bertz CT molecular complexity index is 1260. The Balaban J connectivity index is 1.45. The van der Waals surface area contributed by atoms with E-state index in [0.717, 1.165) is 32.8 Å². The Morgan fingerprint density at radius 1 is 1.06 bits per heavy atom. The molecule has 0 radical (unpaired) electrons. The molecule has 2 atom stereocenters. The summed E-state index contributed by atoms with van der Waals surface area (Å²) in [5, 5.41) is 5.65. The lowest BCUT2D eigenvalue weighted by Gasteiger charge is -2.26.